The number of thioether (sulfide) groups is 1. The molecular weight excluding hydrogens is 170 g/mol. The molecule has 0 saturated carbocycles. The van der Waals surface area contributed by atoms with Gasteiger partial charge in [0.25, 0.3) is 0 Å². The van der Waals surface area contributed by atoms with E-state index in [0.717, 1.165) is 13.1 Å². The van der Waals surface area contributed by atoms with Gasteiger partial charge in [0.2, 0.25) is 0 Å². The third kappa shape index (κ3) is 10.3. The fourth-order valence-corrected chi connectivity index (χ4v) is 1.55. The third-order valence-corrected chi connectivity index (χ3v) is 2.44. The van der Waals surface area contributed by atoms with Crippen LogP contribution in [0.2, 0.25) is 0 Å². The topological polar surface area (TPSA) is 32.3 Å². The Hall–Kier alpha value is 0.270. The Kier molecular flexibility index (Phi) is 11.5. The van der Waals surface area contributed by atoms with Gasteiger partial charge in [-0.2, -0.15) is 11.8 Å². The Morgan fingerprint density at radius 2 is 1.83 bits per heavy atom. The maximum atomic E-state index is 8.47. The van der Waals surface area contributed by atoms with Gasteiger partial charge in [-0.25, -0.2) is 0 Å². The molecule has 2 nitrogen and oxygen atoms in total. The van der Waals surface area contributed by atoms with Crippen molar-refractivity contribution in [3.8, 4) is 0 Å². The van der Waals surface area contributed by atoms with Crippen LogP contribution in [0.25, 0.3) is 0 Å². The van der Waals surface area contributed by atoms with E-state index >= 15 is 0 Å². The quantitative estimate of drug-likeness (QED) is 0.542. The van der Waals surface area contributed by atoms with Gasteiger partial charge in [0.1, 0.15) is 0 Å². The van der Waals surface area contributed by atoms with E-state index in [2.05, 4.69) is 11.6 Å². The number of hydrogen-bond acceptors (Lipinski definition) is 3. The first kappa shape index (κ1) is 12.3. The molecule has 0 radical (unpaired) electrons. The summed E-state index contributed by atoms with van der Waals surface area (Å²) in [5.41, 5.74) is 0. The standard InChI is InChI=1S/C9H21NOS/c1-12-9-5-3-2-4-6-10-7-8-11/h10-11H,2-9H2,1H3. The summed E-state index contributed by atoms with van der Waals surface area (Å²) in [7, 11) is 0. The minimum absolute atomic E-state index is 0.256. The van der Waals surface area contributed by atoms with Gasteiger partial charge in [0.05, 0.1) is 6.61 Å². The molecule has 0 fully saturated rings. The second-order valence-corrected chi connectivity index (χ2v) is 3.87. The molecule has 0 saturated heterocycles. The van der Waals surface area contributed by atoms with Crippen molar-refractivity contribution in [1.82, 2.24) is 5.32 Å². The molecule has 74 valence electrons. The predicted octanol–water partition coefficient (Wildman–Crippen LogP) is 1.49. The molecule has 0 aromatic rings. The summed E-state index contributed by atoms with van der Waals surface area (Å²) in [6, 6.07) is 0. The van der Waals surface area contributed by atoms with Gasteiger partial charge in [0, 0.05) is 6.54 Å². The summed E-state index contributed by atoms with van der Waals surface area (Å²) in [5, 5.41) is 11.6. The van der Waals surface area contributed by atoms with E-state index in [1.165, 1.54) is 31.4 Å². The molecule has 0 atom stereocenters. The molecule has 2 N–H and O–H groups in total. The zero-order chi connectivity index (χ0) is 9.07. The number of nitrogens with one attached hydrogen (secondary N) is 1. The van der Waals surface area contributed by atoms with E-state index in [0.29, 0.717) is 0 Å². The minimum Gasteiger partial charge on any atom is -0.395 e. The van der Waals surface area contributed by atoms with Gasteiger partial charge < -0.3 is 10.4 Å². The molecule has 0 aliphatic carbocycles. The van der Waals surface area contributed by atoms with Crippen molar-refractivity contribution in [1.29, 1.82) is 0 Å². The van der Waals surface area contributed by atoms with Crippen LogP contribution in [0.15, 0.2) is 0 Å². The molecule has 0 aromatic heterocycles. The third-order valence-electron chi connectivity index (χ3n) is 1.74. The van der Waals surface area contributed by atoms with Crippen LogP contribution in [0.3, 0.4) is 0 Å². The van der Waals surface area contributed by atoms with E-state index in [9.17, 15) is 0 Å². The summed E-state index contributed by atoms with van der Waals surface area (Å²) in [5.74, 6) is 1.30. The van der Waals surface area contributed by atoms with Crippen molar-refractivity contribution >= 4 is 11.8 Å². The summed E-state index contributed by atoms with van der Waals surface area (Å²) < 4.78 is 0. The molecule has 0 bridgehead atoms. The lowest BCUT2D eigenvalue weighted by atomic mass is 10.2. The lowest BCUT2D eigenvalue weighted by molar-refractivity contribution is 0.292. The van der Waals surface area contributed by atoms with Gasteiger partial charge in [0.15, 0.2) is 0 Å². The van der Waals surface area contributed by atoms with Gasteiger partial charge in [-0.1, -0.05) is 12.8 Å². The predicted molar refractivity (Wildman–Crippen MR) is 56.8 cm³/mol. The van der Waals surface area contributed by atoms with Crippen molar-refractivity contribution in [2.75, 3.05) is 31.7 Å². The van der Waals surface area contributed by atoms with Crippen LogP contribution in [0.5, 0.6) is 0 Å². The Labute approximate surface area is 80.1 Å². The van der Waals surface area contributed by atoms with E-state index < -0.39 is 0 Å². The lowest BCUT2D eigenvalue weighted by Gasteiger charge is -2.01. The number of unbranched alkanes of at least 4 members (excludes halogenated alkanes) is 3. The molecule has 0 aromatic carbocycles. The fraction of sp³-hybridized carbons (Fsp3) is 1.00. The van der Waals surface area contributed by atoms with Gasteiger partial charge in [-0.15, -0.1) is 0 Å². The van der Waals surface area contributed by atoms with Crippen LogP contribution < -0.4 is 5.32 Å². The van der Waals surface area contributed by atoms with Crippen LogP contribution in [-0.2, 0) is 0 Å². The fourth-order valence-electron chi connectivity index (χ4n) is 1.05. The summed E-state index contributed by atoms with van der Waals surface area (Å²) in [4.78, 5) is 0. The summed E-state index contributed by atoms with van der Waals surface area (Å²) >= 11 is 1.92. The molecule has 0 amide bonds. The van der Waals surface area contributed by atoms with Crippen LogP contribution >= 0.6 is 11.8 Å². The van der Waals surface area contributed by atoms with Gasteiger partial charge >= 0.3 is 0 Å². The van der Waals surface area contributed by atoms with E-state index in [1.807, 2.05) is 11.8 Å². The molecule has 3 heteroatoms. The molecule has 12 heavy (non-hydrogen) atoms. The normalized spacial score (nSPS) is 10.5. The van der Waals surface area contributed by atoms with Gasteiger partial charge in [-0.05, 0) is 31.4 Å². The Bertz CT molecular complexity index is 70.9. The molecule has 0 heterocycles. The zero-order valence-corrected chi connectivity index (χ0v) is 8.83. The van der Waals surface area contributed by atoms with E-state index in [4.69, 9.17) is 5.11 Å². The van der Waals surface area contributed by atoms with Crippen LogP contribution in [0.1, 0.15) is 25.7 Å². The lowest BCUT2D eigenvalue weighted by Crippen LogP contribution is -2.19. The molecule has 0 aliphatic rings. The Balaban J connectivity index is 2.73. The maximum absolute atomic E-state index is 8.47. The number of aliphatic hydroxyl groups is 1. The average molecular weight is 191 g/mol. The van der Waals surface area contributed by atoms with Crippen molar-refractivity contribution in [2.45, 2.75) is 25.7 Å². The summed E-state index contributed by atoms with van der Waals surface area (Å²) in [6.07, 6.45) is 7.42. The van der Waals surface area contributed by atoms with E-state index in [1.54, 1.807) is 0 Å². The van der Waals surface area contributed by atoms with Crippen LogP contribution in [-0.4, -0.2) is 36.8 Å². The van der Waals surface area contributed by atoms with Crippen LogP contribution in [0, 0.1) is 0 Å². The highest BCUT2D eigenvalue weighted by Gasteiger charge is 1.89. The van der Waals surface area contributed by atoms with Crippen molar-refractivity contribution < 1.29 is 5.11 Å². The first-order valence-electron chi connectivity index (χ1n) is 4.72. The SMILES string of the molecule is CSCCCCCCNCCO. The first-order valence-corrected chi connectivity index (χ1v) is 6.11. The molecule has 0 unspecified atom stereocenters. The first-order chi connectivity index (χ1) is 5.91. The number of rotatable bonds is 9. The second kappa shape index (κ2) is 11.3. The smallest absolute Gasteiger partial charge is 0.0555 e. The van der Waals surface area contributed by atoms with Crippen molar-refractivity contribution in [3.63, 3.8) is 0 Å². The molecule has 0 rings (SSSR count). The largest absolute Gasteiger partial charge is 0.395 e. The van der Waals surface area contributed by atoms with Crippen molar-refractivity contribution in [3.05, 3.63) is 0 Å². The van der Waals surface area contributed by atoms with Crippen LogP contribution in [0.4, 0.5) is 0 Å². The highest BCUT2D eigenvalue weighted by atomic mass is 32.2. The second-order valence-electron chi connectivity index (χ2n) is 2.88. The molecule has 0 spiro atoms. The maximum Gasteiger partial charge on any atom is 0.0555 e. The van der Waals surface area contributed by atoms with E-state index in [-0.39, 0.29) is 6.61 Å². The minimum atomic E-state index is 0.256. The van der Waals surface area contributed by atoms with Gasteiger partial charge in [-0.3, -0.25) is 0 Å². The molecule has 0 aliphatic heterocycles. The highest BCUT2D eigenvalue weighted by Crippen LogP contribution is 2.03. The van der Waals surface area contributed by atoms with Crippen molar-refractivity contribution in [2.24, 2.45) is 0 Å². The number of hydrogen-bond donors (Lipinski definition) is 2. The summed E-state index contributed by atoms with van der Waals surface area (Å²) in [6.45, 7) is 2.05. The number of aliphatic hydroxyl groups excluding tert-OH is 1. The average Bonchev–Trinajstić information content (AvgIpc) is 2.10. The molecular formula is C9H21NOS. The highest BCUT2D eigenvalue weighted by molar-refractivity contribution is 7.98. The zero-order valence-electron chi connectivity index (χ0n) is 8.01. The Morgan fingerprint density at radius 1 is 1.08 bits per heavy atom. The monoisotopic (exact) mass is 191 g/mol. The Morgan fingerprint density at radius 3 is 2.50 bits per heavy atom.